The molecule has 0 aromatic rings. The highest BCUT2D eigenvalue weighted by molar-refractivity contribution is 4.97. The molecule has 0 bridgehead atoms. The molecule has 43 heavy (non-hydrogen) atoms. The average molecular weight is 635 g/mol. The molecule has 4 heterocycles. The average Bonchev–Trinajstić information content (AvgIpc) is 2.98. The monoisotopic (exact) mass is 634 g/mol. The van der Waals surface area contributed by atoms with Crippen molar-refractivity contribution in [1.29, 1.82) is 0 Å². The Kier molecular flexibility index (Phi) is 11.7. The highest BCUT2D eigenvalue weighted by Gasteiger charge is 2.55. The van der Waals surface area contributed by atoms with Gasteiger partial charge in [-0.1, -0.05) is 0 Å². The van der Waals surface area contributed by atoms with Crippen molar-refractivity contribution in [2.75, 3.05) is 13.2 Å². The largest absolute Gasteiger partial charge is 0.394 e. The van der Waals surface area contributed by atoms with Gasteiger partial charge in [-0.2, -0.15) is 0 Å². The van der Waals surface area contributed by atoms with E-state index in [1.165, 1.54) is 13.8 Å². The lowest BCUT2D eigenvalue weighted by molar-refractivity contribution is -0.395. The first-order valence-corrected chi connectivity index (χ1v) is 13.8. The Morgan fingerprint density at radius 1 is 0.419 bits per heavy atom. The molecule has 252 valence electrons. The molecule has 19 nitrogen and oxygen atoms in total. The lowest BCUT2D eigenvalue weighted by Crippen LogP contribution is -2.67. The Hall–Kier alpha value is -0.760. The lowest BCUT2D eigenvalue weighted by atomic mass is 9.96. The van der Waals surface area contributed by atoms with Crippen molar-refractivity contribution in [3.8, 4) is 0 Å². The first-order chi connectivity index (χ1) is 20.2. The topological polar surface area (TPSA) is 307 Å². The normalized spacial score (nSPS) is 54.8. The highest BCUT2D eigenvalue weighted by atomic mass is 16.8. The number of hydrogen-bond donors (Lipinski definition) is 12. The number of hydrogen-bond acceptors (Lipinski definition) is 19. The van der Waals surface area contributed by atoms with Crippen molar-refractivity contribution < 1.29 is 94.4 Å². The van der Waals surface area contributed by atoms with Gasteiger partial charge in [-0.05, 0) is 13.8 Å². The van der Waals surface area contributed by atoms with Crippen molar-refractivity contribution in [2.45, 2.75) is 137 Å². The molecule has 4 aliphatic heterocycles. The summed E-state index contributed by atoms with van der Waals surface area (Å²) in [4.78, 5) is 0. The van der Waals surface area contributed by atoms with Gasteiger partial charge in [0.05, 0.1) is 25.4 Å². The summed E-state index contributed by atoms with van der Waals surface area (Å²) in [6.07, 6.45) is -32.9. The summed E-state index contributed by atoms with van der Waals surface area (Å²) in [5.74, 6) is 0. The van der Waals surface area contributed by atoms with E-state index in [9.17, 15) is 61.3 Å². The summed E-state index contributed by atoms with van der Waals surface area (Å²) in [6.45, 7) is 1.13. The molecular formula is C24H42O19. The minimum absolute atomic E-state index is 0.782. The van der Waals surface area contributed by atoms with E-state index in [1.807, 2.05) is 0 Å². The van der Waals surface area contributed by atoms with E-state index in [2.05, 4.69) is 0 Å². The molecule has 0 aromatic heterocycles. The second kappa shape index (κ2) is 14.3. The lowest BCUT2D eigenvalue weighted by Gasteiger charge is -2.49. The maximum atomic E-state index is 11.2. The van der Waals surface area contributed by atoms with Gasteiger partial charge in [-0.15, -0.1) is 0 Å². The maximum absolute atomic E-state index is 11.2. The zero-order valence-electron chi connectivity index (χ0n) is 23.2. The third-order valence-corrected chi connectivity index (χ3v) is 8.13. The predicted molar refractivity (Wildman–Crippen MR) is 131 cm³/mol. The van der Waals surface area contributed by atoms with Crippen LogP contribution in [0.2, 0.25) is 0 Å². The molecule has 20 atom stereocenters. The maximum Gasteiger partial charge on any atom is 0.187 e. The standard InChI is InChI=1S/C24H42O19/c1-5-9(27)12(30)15(33)22(37-5)42-19-17(35)18(8(4-26)39-21(19)36)41-24-20(14(32)10(28)6(2)38-24)43-23-16(34)13(31)11(29)7(3-25)40-23/h5-36H,3-4H2,1-2H3/t5-,6-,7+,8+,9-,10+,11+,12+,13-,14+,15+,16+,17-,18+,19+,20-,21?,22+,23-,24+/m0/s1. The third kappa shape index (κ3) is 7.00. The summed E-state index contributed by atoms with van der Waals surface area (Å²) in [7, 11) is 0. The molecule has 1 unspecified atom stereocenters. The SMILES string of the molecule is C[C@@H]1O[C@H](O[C@H]2C(O)O[C@H](CO)[C@@H](O[C@H]3O[C@@H](C)[C@@H](O)[C@@H](O)[C@@H]3O[C@@H]3O[C@H](CO)[C@@H](O)[C@H](O)[C@H]3O)[C@@H]2O)[C@H](O)[C@H](O)[C@H]1O. The van der Waals surface area contributed by atoms with E-state index in [0.29, 0.717) is 0 Å². The minimum Gasteiger partial charge on any atom is -0.394 e. The van der Waals surface area contributed by atoms with E-state index < -0.39 is 136 Å². The van der Waals surface area contributed by atoms with Gasteiger partial charge in [0.1, 0.15) is 85.5 Å². The molecule has 4 aliphatic rings. The van der Waals surface area contributed by atoms with Gasteiger partial charge >= 0.3 is 0 Å². The quantitative estimate of drug-likeness (QED) is 0.118. The zero-order valence-corrected chi connectivity index (χ0v) is 23.2. The van der Waals surface area contributed by atoms with Gasteiger partial charge in [-0.25, -0.2) is 0 Å². The van der Waals surface area contributed by atoms with Crippen LogP contribution in [0.3, 0.4) is 0 Å². The highest BCUT2D eigenvalue weighted by Crippen LogP contribution is 2.34. The molecule has 0 aromatic carbocycles. The smallest absolute Gasteiger partial charge is 0.187 e. The van der Waals surface area contributed by atoms with E-state index in [4.69, 9.17) is 33.2 Å². The Bertz CT molecular complexity index is 884. The molecule has 0 saturated carbocycles. The first-order valence-electron chi connectivity index (χ1n) is 13.8. The van der Waals surface area contributed by atoms with Crippen LogP contribution in [-0.2, 0) is 33.2 Å². The van der Waals surface area contributed by atoms with Crippen LogP contribution in [0.4, 0.5) is 0 Å². The molecule has 4 fully saturated rings. The molecule has 0 amide bonds. The van der Waals surface area contributed by atoms with Crippen LogP contribution < -0.4 is 0 Å². The van der Waals surface area contributed by atoms with E-state index in [1.54, 1.807) is 0 Å². The summed E-state index contributed by atoms with van der Waals surface area (Å²) in [6, 6.07) is 0. The van der Waals surface area contributed by atoms with Crippen LogP contribution in [0.5, 0.6) is 0 Å². The number of rotatable bonds is 8. The van der Waals surface area contributed by atoms with E-state index in [-0.39, 0.29) is 0 Å². The summed E-state index contributed by atoms with van der Waals surface area (Å²) in [5.41, 5.74) is 0. The number of aliphatic hydroxyl groups excluding tert-OH is 12. The Morgan fingerprint density at radius 3 is 1.47 bits per heavy atom. The summed E-state index contributed by atoms with van der Waals surface area (Å²) < 4.78 is 38.6. The molecule has 4 rings (SSSR count). The number of aliphatic hydroxyl groups is 12. The van der Waals surface area contributed by atoms with Crippen LogP contribution in [0, 0.1) is 0 Å². The zero-order chi connectivity index (χ0) is 31.9. The molecule has 12 N–H and O–H groups in total. The second-order valence-corrected chi connectivity index (χ2v) is 11.1. The fraction of sp³-hybridized carbons (Fsp3) is 1.00. The van der Waals surface area contributed by atoms with Gasteiger partial charge in [-0.3, -0.25) is 0 Å². The van der Waals surface area contributed by atoms with E-state index in [0.717, 1.165) is 0 Å². The van der Waals surface area contributed by atoms with Crippen molar-refractivity contribution in [3.63, 3.8) is 0 Å². The Morgan fingerprint density at radius 2 is 0.884 bits per heavy atom. The van der Waals surface area contributed by atoms with Gasteiger partial charge < -0.3 is 94.4 Å². The van der Waals surface area contributed by atoms with Crippen LogP contribution in [-0.4, -0.2) is 197 Å². The molecule has 4 saturated heterocycles. The molecule has 0 radical (unpaired) electrons. The molecular weight excluding hydrogens is 592 g/mol. The predicted octanol–water partition coefficient (Wildman–Crippen LogP) is -7.69. The van der Waals surface area contributed by atoms with Gasteiger partial charge in [0, 0.05) is 0 Å². The Balaban J connectivity index is 1.54. The molecule has 0 aliphatic carbocycles. The van der Waals surface area contributed by atoms with Crippen molar-refractivity contribution >= 4 is 0 Å². The summed E-state index contributed by atoms with van der Waals surface area (Å²) in [5, 5.41) is 123. The minimum atomic E-state index is -1.93. The molecule has 19 heteroatoms. The van der Waals surface area contributed by atoms with Crippen LogP contribution in [0.15, 0.2) is 0 Å². The fourth-order valence-electron chi connectivity index (χ4n) is 5.40. The van der Waals surface area contributed by atoms with E-state index >= 15 is 0 Å². The molecule has 0 spiro atoms. The first kappa shape index (κ1) is 35.1. The van der Waals surface area contributed by atoms with Gasteiger partial charge in [0.25, 0.3) is 0 Å². The summed E-state index contributed by atoms with van der Waals surface area (Å²) >= 11 is 0. The van der Waals surface area contributed by atoms with Crippen LogP contribution >= 0.6 is 0 Å². The van der Waals surface area contributed by atoms with Crippen LogP contribution in [0.25, 0.3) is 0 Å². The van der Waals surface area contributed by atoms with Crippen molar-refractivity contribution in [3.05, 3.63) is 0 Å². The van der Waals surface area contributed by atoms with Crippen molar-refractivity contribution in [1.82, 2.24) is 0 Å². The Labute approximate surface area is 244 Å². The fourth-order valence-corrected chi connectivity index (χ4v) is 5.40. The van der Waals surface area contributed by atoms with Crippen LogP contribution in [0.1, 0.15) is 13.8 Å². The van der Waals surface area contributed by atoms with Gasteiger partial charge in [0.15, 0.2) is 25.2 Å². The number of ether oxygens (including phenoxy) is 7. The van der Waals surface area contributed by atoms with Crippen molar-refractivity contribution in [2.24, 2.45) is 0 Å². The third-order valence-electron chi connectivity index (χ3n) is 8.13. The second-order valence-electron chi connectivity index (χ2n) is 11.1. The van der Waals surface area contributed by atoms with Gasteiger partial charge in [0.2, 0.25) is 0 Å².